The van der Waals surface area contributed by atoms with Crippen LogP contribution in [-0.4, -0.2) is 24.0 Å². The lowest BCUT2D eigenvalue weighted by Gasteiger charge is -2.12. The Morgan fingerprint density at radius 2 is 2.20 bits per heavy atom. The third-order valence-corrected chi connectivity index (χ3v) is 2.25. The predicted molar refractivity (Wildman–Crippen MR) is 56.0 cm³/mol. The molecule has 0 fully saturated rings. The van der Waals surface area contributed by atoms with Crippen LogP contribution < -0.4 is 0 Å². The number of carbonyl (C=O) groups excluding carboxylic acids is 1. The summed E-state index contributed by atoms with van der Waals surface area (Å²) in [5.74, 6) is -0.579. The lowest BCUT2D eigenvalue weighted by atomic mass is 9.97. The van der Waals surface area contributed by atoms with Crippen molar-refractivity contribution in [2.45, 2.75) is 32.7 Å². The molecule has 5 nitrogen and oxygen atoms in total. The Morgan fingerprint density at radius 1 is 1.60 bits per heavy atom. The van der Waals surface area contributed by atoms with Gasteiger partial charge in [0, 0.05) is 17.3 Å². The highest BCUT2D eigenvalue weighted by Gasteiger charge is 2.26. The van der Waals surface area contributed by atoms with Gasteiger partial charge in [0.05, 0.1) is 13.5 Å². The molecule has 0 amide bonds. The molecule has 0 aromatic carbocycles. The molecular formula is C10H17NO4. The molecule has 0 spiro atoms. The van der Waals surface area contributed by atoms with Crippen LogP contribution in [0.5, 0.6) is 0 Å². The molecule has 0 aliphatic rings. The van der Waals surface area contributed by atoms with Crippen LogP contribution in [0.1, 0.15) is 26.7 Å². The third kappa shape index (κ3) is 5.15. The van der Waals surface area contributed by atoms with Gasteiger partial charge in [-0.2, -0.15) is 0 Å². The quantitative estimate of drug-likeness (QED) is 0.293. The van der Waals surface area contributed by atoms with Gasteiger partial charge in [-0.15, -0.1) is 0 Å². The van der Waals surface area contributed by atoms with E-state index >= 15 is 0 Å². The molecule has 0 heterocycles. The number of ether oxygens (including phenoxy) is 1. The number of nitro groups is 1. The van der Waals surface area contributed by atoms with Gasteiger partial charge in [-0.25, -0.2) is 0 Å². The normalized spacial score (nSPS) is 14.9. The number of hydrogen-bond acceptors (Lipinski definition) is 4. The van der Waals surface area contributed by atoms with Gasteiger partial charge in [0.15, 0.2) is 0 Å². The van der Waals surface area contributed by atoms with E-state index in [1.54, 1.807) is 19.1 Å². The largest absolute Gasteiger partial charge is 0.469 e. The zero-order valence-corrected chi connectivity index (χ0v) is 9.30. The Labute approximate surface area is 89.3 Å². The molecule has 0 aliphatic carbocycles. The molecule has 0 saturated carbocycles. The van der Waals surface area contributed by atoms with E-state index in [0.29, 0.717) is 0 Å². The Hall–Kier alpha value is -1.39. The first kappa shape index (κ1) is 13.6. The van der Waals surface area contributed by atoms with Crippen LogP contribution in [0.2, 0.25) is 0 Å². The number of carbonyl (C=O) groups is 1. The van der Waals surface area contributed by atoms with Gasteiger partial charge in [-0.1, -0.05) is 19.1 Å². The summed E-state index contributed by atoms with van der Waals surface area (Å²) in [6, 6.07) is -0.722. The first-order valence-corrected chi connectivity index (χ1v) is 4.86. The van der Waals surface area contributed by atoms with E-state index in [2.05, 4.69) is 4.74 Å². The number of rotatable bonds is 6. The number of hydrogen-bond donors (Lipinski definition) is 0. The minimum atomic E-state index is -0.722. The fourth-order valence-corrected chi connectivity index (χ4v) is 1.36. The second-order valence-electron chi connectivity index (χ2n) is 3.35. The zero-order valence-electron chi connectivity index (χ0n) is 9.30. The topological polar surface area (TPSA) is 69.4 Å². The maximum atomic E-state index is 10.9. The Bertz CT molecular complexity index is 250. The number of nitrogens with zero attached hydrogens (tertiary/aromatic N) is 1. The van der Waals surface area contributed by atoms with Crippen molar-refractivity contribution in [3.8, 4) is 0 Å². The van der Waals surface area contributed by atoms with Crippen LogP contribution in [0.25, 0.3) is 0 Å². The molecule has 5 heteroatoms. The maximum absolute atomic E-state index is 10.9. The molecular weight excluding hydrogens is 198 g/mol. The summed E-state index contributed by atoms with van der Waals surface area (Å²) < 4.78 is 4.44. The van der Waals surface area contributed by atoms with Gasteiger partial charge in [-0.3, -0.25) is 14.9 Å². The summed E-state index contributed by atoms with van der Waals surface area (Å²) in [7, 11) is 1.28. The van der Waals surface area contributed by atoms with Gasteiger partial charge in [0.1, 0.15) is 0 Å². The molecule has 15 heavy (non-hydrogen) atoms. The Kier molecular flexibility index (Phi) is 6.33. The van der Waals surface area contributed by atoms with Crippen LogP contribution in [0.3, 0.4) is 0 Å². The summed E-state index contributed by atoms with van der Waals surface area (Å²) in [5.41, 5.74) is 0. The second kappa shape index (κ2) is 6.98. The summed E-state index contributed by atoms with van der Waals surface area (Å²) in [6.07, 6.45) is 3.85. The van der Waals surface area contributed by atoms with Gasteiger partial charge < -0.3 is 4.74 Å². The summed E-state index contributed by atoms with van der Waals surface area (Å²) in [5, 5.41) is 10.7. The molecule has 86 valence electrons. The summed E-state index contributed by atoms with van der Waals surface area (Å²) in [6.45, 7) is 3.58. The van der Waals surface area contributed by atoms with Crippen LogP contribution in [0, 0.1) is 16.0 Å². The molecule has 0 aromatic rings. The molecule has 0 unspecified atom stereocenters. The standard InChI is InChI=1S/C10H17NO4/c1-4-5-8(2)9(11(13)14)6-7-10(12)15-3/h4-5,8-9H,6-7H2,1-3H3/b5-4+/t8-,9-/m0/s1. The van der Waals surface area contributed by atoms with Crippen molar-refractivity contribution < 1.29 is 14.5 Å². The first-order valence-electron chi connectivity index (χ1n) is 4.86. The molecule has 0 aromatic heterocycles. The molecule has 2 atom stereocenters. The third-order valence-electron chi connectivity index (χ3n) is 2.25. The predicted octanol–water partition coefficient (Wildman–Crippen LogP) is 1.80. The fourth-order valence-electron chi connectivity index (χ4n) is 1.36. The molecule has 0 radical (unpaired) electrons. The van der Waals surface area contributed by atoms with Gasteiger partial charge in [0.25, 0.3) is 0 Å². The van der Waals surface area contributed by atoms with Crippen molar-refractivity contribution in [2.24, 2.45) is 5.92 Å². The van der Waals surface area contributed by atoms with Gasteiger partial charge >= 0.3 is 5.97 Å². The van der Waals surface area contributed by atoms with E-state index in [9.17, 15) is 14.9 Å². The number of esters is 1. The van der Waals surface area contributed by atoms with Crippen LogP contribution >= 0.6 is 0 Å². The highest BCUT2D eigenvalue weighted by molar-refractivity contribution is 5.69. The van der Waals surface area contributed by atoms with E-state index in [-0.39, 0.29) is 23.7 Å². The lowest BCUT2D eigenvalue weighted by molar-refractivity contribution is -0.529. The average Bonchev–Trinajstić information content (AvgIpc) is 2.17. The molecule has 0 rings (SSSR count). The lowest BCUT2D eigenvalue weighted by Crippen LogP contribution is -2.27. The highest BCUT2D eigenvalue weighted by atomic mass is 16.6. The smallest absolute Gasteiger partial charge is 0.305 e. The van der Waals surface area contributed by atoms with Gasteiger partial charge in [-0.05, 0) is 6.92 Å². The van der Waals surface area contributed by atoms with Crippen LogP contribution in [0.4, 0.5) is 0 Å². The molecule has 0 bridgehead atoms. The monoisotopic (exact) mass is 215 g/mol. The van der Waals surface area contributed by atoms with E-state index in [1.165, 1.54) is 7.11 Å². The zero-order chi connectivity index (χ0) is 11.8. The Balaban J connectivity index is 4.28. The summed E-state index contributed by atoms with van der Waals surface area (Å²) in [4.78, 5) is 21.3. The van der Waals surface area contributed by atoms with E-state index in [0.717, 1.165) is 0 Å². The van der Waals surface area contributed by atoms with Crippen molar-refractivity contribution in [1.82, 2.24) is 0 Å². The van der Waals surface area contributed by atoms with Crippen molar-refractivity contribution in [3.63, 3.8) is 0 Å². The second-order valence-corrected chi connectivity index (χ2v) is 3.35. The SMILES string of the molecule is C/C=C/[C@H](C)[C@H](CCC(=O)OC)[N+](=O)[O-]. The molecule has 0 N–H and O–H groups in total. The van der Waals surface area contributed by atoms with E-state index < -0.39 is 12.0 Å². The minimum absolute atomic E-state index is 0.0873. The Morgan fingerprint density at radius 3 is 2.60 bits per heavy atom. The maximum Gasteiger partial charge on any atom is 0.305 e. The first-order chi connectivity index (χ1) is 7.02. The molecule has 0 saturated heterocycles. The van der Waals surface area contributed by atoms with Crippen molar-refractivity contribution in [2.75, 3.05) is 7.11 Å². The van der Waals surface area contributed by atoms with Crippen molar-refractivity contribution in [1.29, 1.82) is 0 Å². The van der Waals surface area contributed by atoms with Crippen molar-refractivity contribution in [3.05, 3.63) is 22.3 Å². The minimum Gasteiger partial charge on any atom is -0.469 e. The average molecular weight is 215 g/mol. The van der Waals surface area contributed by atoms with E-state index in [1.807, 2.05) is 6.92 Å². The number of allylic oxidation sites excluding steroid dienone is 1. The van der Waals surface area contributed by atoms with E-state index in [4.69, 9.17) is 0 Å². The van der Waals surface area contributed by atoms with Crippen LogP contribution in [0.15, 0.2) is 12.2 Å². The van der Waals surface area contributed by atoms with Gasteiger partial charge in [0.2, 0.25) is 6.04 Å². The fraction of sp³-hybridized carbons (Fsp3) is 0.700. The van der Waals surface area contributed by atoms with Crippen LogP contribution in [-0.2, 0) is 9.53 Å². The summed E-state index contributed by atoms with van der Waals surface area (Å²) >= 11 is 0. The van der Waals surface area contributed by atoms with Crippen molar-refractivity contribution >= 4 is 5.97 Å². The number of methoxy groups -OCH3 is 1. The molecule has 0 aliphatic heterocycles. The highest BCUT2D eigenvalue weighted by Crippen LogP contribution is 2.14.